The van der Waals surface area contributed by atoms with Crippen LogP contribution in [0.4, 0.5) is 0 Å². The lowest BCUT2D eigenvalue weighted by Crippen LogP contribution is -2.56. The zero-order chi connectivity index (χ0) is 23.1. The second-order valence-corrected chi connectivity index (χ2v) is 11.2. The van der Waals surface area contributed by atoms with Gasteiger partial charge >= 0.3 is 14.2 Å². The van der Waals surface area contributed by atoms with Crippen LogP contribution in [0.1, 0.15) is 65.2 Å². The van der Waals surface area contributed by atoms with Crippen LogP contribution in [0.2, 0.25) is 6.82 Å². The van der Waals surface area contributed by atoms with Gasteiger partial charge < -0.3 is 24.1 Å². The molecule has 3 aromatic rings. The number of benzene rings is 2. The standard InChI is InChI=1S/C25H33B2N3O3/c1-24(2)25(3,4)33-27(32-24)17-9-12-19-16(14-17)8-13-20-21(19)29-23(28-20)22-15-6-10-18(11-7-15)30(22)26(5)31/h8-9,12-15,18,22,31H,6-7,10-11H2,1-5H3,(H,28,29)/t15?,18?,22-/m0/s1. The molecule has 1 aromatic heterocycles. The molecule has 2 N–H and O–H groups in total. The number of piperidine rings is 2. The van der Waals surface area contributed by atoms with Gasteiger partial charge in [-0.1, -0.05) is 24.3 Å². The summed E-state index contributed by atoms with van der Waals surface area (Å²) in [5.41, 5.74) is 2.36. The summed E-state index contributed by atoms with van der Waals surface area (Å²) in [6.07, 6.45) is 4.79. The number of rotatable bonds is 3. The Morgan fingerprint density at radius 1 is 1.06 bits per heavy atom. The van der Waals surface area contributed by atoms with Crippen LogP contribution in [0.25, 0.3) is 21.8 Å². The van der Waals surface area contributed by atoms with Gasteiger partial charge in [0, 0.05) is 11.4 Å². The average Bonchev–Trinajstić information content (AvgIpc) is 3.31. The minimum Gasteiger partial charge on any atom is -0.437 e. The van der Waals surface area contributed by atoms with Gasteiger partial charge in [0.05, 0.1) is 28.3 Å². The molecule has 7 rings (SSSR count). The molecule has 1 saturated carbocycles. The molecule has 3 aliphatic heterocycles. The smallest absolute Gasteiger partial charge is 0.437 e. The zero-order valence-corrected chi connectivity index (χ0v) is 20.3. The van der Waals surface area contributed by atoms with Gasteiger partial charge in [0.25, 0.3) is 0 Å². The van der Waals surface area contributed by atoms with Crippen LogP contribution < -0.4 is 5.46 Å². The summed E-state index contributed by atoms with van der Waals surface area (Å²) in [5.74, 6) is 1.54. The number of nitrogens with zero attached hydrogens (tertiary/aromatic N) is 2. The van der Waals surface area contributed by atoms with Crippen molar-refractivity contribution in [3.63, 3.8) is 0 Å². The number of aromatic nitrogens is 2. The summed E-state index contributed by atoms with van der Waals surface area (Å²) in [7, 11) is -0.833. The Kier molecular flexibility index (Phi) is 4.80. The molecule has 4 heterocycles. The van der Waals surface area contributed by atoms with Gasteiger partial charge in [0.15, 0.2) is 0 Å². The van der Waals surface area contributed by atoms with Crippen molar-refractivity contribution < 1.29 is 14.3 Å². The quantitative estimate of drug-likeness (QED) is 0.596. The minimum absolute atomic E-state index is 0.156. The molecule has 2 bridgehead atoms. The maximum atomic E-state index is 10.5. The van der Waals surface area contributed by atoms with Crippen LogP contribution in [0.3, 0.4) is 0 Å². The van der Waals surface area contributed by atoms with E-state index in [1.165, 1.54) is 25.7 Å². The summed E-state index contributed by atoms with van der Waals surface area (Å²) in [4.78, 5) is 11.0. The first kappa shape index (κ1) is 21.7. The lowest BCUT2D eigenvalue weighted by Gasteiger charge is -2.51. The summed E-state index contributed by atoms with van der Waals surface area (Å²) in [6, 6.07) is 11.3. The average molecular weight is 445 g/mol. The fourth-order valence-corrected chi connectivity index (χ4v) is 6.20. The Labute approximate surface area is 196 Å². The Balaban J connectivity index is 1.38. The van der Waals surface area contributed by atoms with Crippen LogP contribution >= 0.6 is 0 Å². The van der Waals surface area contributed by atoms with Gasteiger partial charge in [-0.2, -0.15) is 0 Å². The fourth-order valence-electron chi connectivity index (χ4n) is 6.20. The first-order valence-corrected chi connectivity index (χ1v) is 12.4. The van der Waals surface area contributed by atoms with Gasteiger partial charge in [-0.05, 0) is 83.0 Å². The van der Waals surface area contributed by atoms with E-state index in [2.05, 4.69) is 67.8 Å². The van der Waals surface area contributed by atoms with Crippen LogP contribution in [0.15, 0.2) is 30.3 Å². The van der Waals surface area contributed by atoms with Gasteiger partial charge in [0.2, 0.25) is 0 Å². The first-order valence-electron chi connectivity index (χ1n) is 12.4. The molecule has 0 unspecified atom stereocenters. The monoisotopic (exact) mass is 445 g/mol. The number of fused-ring (bicyclic) bond motifs is 6. The van der Waals surface area contributed by atoms with E-state index in [0.717, 1.165) is 33.1 Å². The summed E-state index contributed by atoms with van der Waals surface area (Å²) >= 11 is 0. The second kappa shape index (κ2) is 7.32. The Morgan fingerprint density at radius 3 is 2.42 bits per heavy atom. The van der Waals surface area contributed by atoms with E-state index in [1.54, 1.807) is 0 Å². The number of H-pyrrole nitrogens is 1. The van der Waals surface area contributed by atoms with Gasteiger partial charge in [0.1, 0.15) is 5.82 Å². The highest BCUT2D eigenvalue weighted by Gasteiger charge is 2.51. The van der Waals surface area contributed by atoms with Crippen LogP contribution in [-0.2, 0) is 9.31 Å². The molecule has 4 fully saturated rings. The highest BCUT2D eigenvalue weighted by molar-refractivity contribution is 6.62. The molecular formula is C25H33B2N3O3. The molecule has 172 valence electrons. The second-order valence-electron chi connectivity index (χ2n) is 11.2. The molecular weight excluding hydrogens is 412 g/mol. The maximum Gasteiger partial charge on any atom is 0.494 e. The third-order valence-corrected chi connectivity index (χ3v) is 8.68. The van der Waals surface area contributed by atoms with Crippen LogP contribution in [-0.4, -0.2) is 51.2 Å². The Morgan fingerprint density at radius 2 is 1.76 bits per heavy atom. The fraction of sp³-hybridized carbons (Fsp3) is 0.560. The molecule has 6 nitrogen and oxygen atoms in total. The molecule has 33 heavy (non-hydrogen) atoms. The molecule has 2 aromatic carbocycles. The topological polar surface area (TPSA) is 70.6 Å². The molecule has 0 radical (unpaired) electrons. The van der Waals surface area contributed by atoms with Crippen molar-refractivity contribution in [3.8, 4) is 0 Å². The van der Waals surface area contributed by atoms with Crippen molar-refractivity contribution in [1.29, 1.82) is 0 Å². The molecule has 8 heteroatoms. The normalized spacial score (nSPS) is 28.8. The lowest BCUT2D eigenvalue weighted by molar-refractivity contribution is 0.00578. The maximum absolute atomic E-state index is 10.5. The zero-order valence-electron chi connectivity index (χ0n) is 20.3. The van der Waals surface area contributed by atoms with E-state index in [0.29, 0.717) is 12.0 Å². The Bertz CT molecular complexity index is 1200. The van der Waals surface area contributed by atoms with Crippen molar-refractivity contribution >= 4 is 41.4 Å². The molecule has 1 atom stereocenters. The van der Waals surface area contributed by atoms with E-state index in [4.69, 9.17) is 14.3 Å². The van der Waals surface area contributed by atoms with Crippen molar-refractivity contribution in [3.05, 3.63) is 36.2 Å². The third kappa shape index (κ3) is 3.29. The van der Waals surface area contributed by atoms with E-state index in [9.17, 15) is 5.02 Å². The van der Waals surface area contributed by atoms with E-state index in [-0.39, 0.29) is 24.4 Å². The van der Waals surface area contributed by atoms with Crippen molar-refractivity contribution in [2.45, 2.75) is 83.5 Å². The number of imidazole rings is 1. The third-order valence-electron chi connectivity index (χ3n) is 8.68. The summed E-state index contributed by atoms with van der Waals surface area (Å²) < 4.78 is 12.5. The molecule has 0 spiro atoms. The molecule has 1 aliphatic carbocycles. The summed E-state index contributed by atoms with van der Waals surface area (Å²) in [6.45, 7) is 10.2. The number of hydrogen-bond acceptors (Lipinski definition) is 5. The summed E-state index contributed by atoms with van der Waals surface area (Å²) in [5, 5.41) is 12.8. The predicted octanol–water partition coefficient (Wildman–Crippen LogP) is 4.04. The van der Waals surface area contributed by atoms with Gasteiger partial charge in [-0.3, -0.25) is 0 Å². The molecule has 0 amide bonds. The van der Waals surface area contributed by atoms with Crippen LogP contribution in [0.5, 0.6) is 0 Å². The van der Waals surface area contributed by atoms with Gasteiger partial charge in [-0.25, -0.2) is 4.98 Å². The van der Waals surface area contributed by atoms with E-state index >= 15 is 0 Å². The van der Waals surface area contributed by atoms with Crippen molar-refractivity contribution in [2.24, 2.45) is 5.92 Å². The largest absolute Gasteiger partial charge is 0.494 e. The highest BCUT2D eigenvalue weighted by Crippen LogP contribution is 2.47. The predicted molar refractivity (Wildman–Crippen MR) is 133 cm³/mol. The first-order chi connectivity index (χ1) is 15.6. The molecule has 4 aliphatic rings. The number of nitrogens with one attached hydrogen (secondary N) is 1. The highest BCUT2D eigenvalue weighted by atomic mass is 16.7. The Hall–Kier alpha value is -1.86. The number of aromatic amines is 1. The number of hydrogen-bond donors (Lipinski definition) is 2. The van der Waals surface area contributed by atoms with Gasteiger partial charge in [-0.15, -0.1) is 0 Å². The molecule has 3 saturated heterocycles. The van der Waals surface area contributed by atoms with Crippen molar-refractivity contribution in [1.82, 2.24) is 14.8 Å². The van der Waals surface area contributed by atoms with Crippen LogP contribution in [0, 0.1) is 5.92 Å². The minimum atomic E-state index is -0.462. The van der Waals surface area contributed by atoms with Crippen molar-refractivity contribution in [2.75, 3.05) is 0 Å². The lowest BCUT2D eigenvalue weighted by atomic mass is 9.67. The van der Waals surface area contributed by atoms with E-state index in [1.807, 2.05) is 6.82 Å². The SMILES string of the molecule is CB(O)N1C2CCC(CC2)[C@H]1c1nc2ccc3cc(B4OC(C)(C)C(C)(C)O4)ccc3c2[nH]1. The van der Waals surface area contributed by atoms with E-state index < -0.39 is 7.05 Å².